The van der Waals surface area contributed by atoms with Crippen molar-refractivity contribution in [2.45, 2.75) is 32.0 Å². The first-order valence-corrected chi connectivity index (χ1v) is 6.88. The second-order valence-electron chi connectivity index (χ2n) is 5.22. The molecule has 0 spiro atoms. The summed E-state index contributed by atoms with van der Waals surface area (Å²) in [6, 6.07) is 4.64. The number of imidazole rings is 1. The molecule has 0 atom stereocenters. The van der Waals surface area contributed by atoms with Crippen molar-refractivity contribution in [3.63, 3.8) is 0 Å². The van der Waals surface area contributed by atoms with Crippen molar-refractivity contribution in [1.29, 1.82) is 0 Å². The Morgan fingerprint density at radius 3 is 2.45 bits per heavy atom. The molecule has 0 saturated carbocycles. The number of fused-ring (bicyclic) bond motifs is 1. The van der Waals surface area contributed by atoms with E-state index in [-0.39, 0.29) is 5.69 Å². The average molecular weight is 310 g/mol. The third-order valence-electron chi connectivity index (χ3n) is 3.79. The summed E-state index contributed by atoms with van der Waals surface area (Å²) in [5, 5.41) is 9.23. The predicted molar refractivity (Wildman–Crippen MR) is 72.6 cm³/mol. The van der Waals surface area contributed by atoms with Crippen molar-refractivity contribution in [2.24, 2.45) is 0 Å². The van der Waals surface area contributed by atoms with Crippen LogP contribution in [0.4, 0.5) is 13.2 Å². The van der Waals surface area contributed by atoms with E-state index in [1.807, 2.05) is 0 Å². The molecule has 0 amide bonds. The van der Waals surface area contributed by atoms with Crippen LogP contribution in [0.25, 0.3) is 11.4 Å². The van der Waals surface area contributed by atoms with Crippen LogP contribution in [0.2, 0.25) is 0 Å². The number of nitrogens with zero attached hydrogens (tertiary/aromatic N) is 2. The van der Waals surface area contributed by atoms with Gasteiger partial charge in [0.25, 0.3) is 0 Å². The van der Waals surface area contributed by atoms with Gasteiger partial charge in [0.05, 0.1) is 11.3 Å². The fourth-order valence-corrected chi connectivity index (χ4v) is 2.74. The molecular formula is C15H13F3N2O2. The van der Waals surface area contributed by atoms with Gasteiger partial charge in [-0.25, -0.2) is 9.78 Å². The van der Waals surface area contributed by atoms with E-state index in [9.17, 15) is 23.1 Å². The normalized spacial score (nSPS) is 14.7. The fourth-order valence-electron chi connectivity index (χ4n) is 2.74. The molecule has 0 saturated heterocycles. The van der Waals surface area contributed by atoms with E-state index in [4.69, 9.17) is 0 Å². The van der Waals surface area contributed by atoms with Crippen LogP contribution in [0, 0.1) is 0 Å². The lowest BCUT2D eigenvalue weighted by Gasteiger charge is -2.17. The number of aromatic nitrogens is 2. The molecule has 1 aromatic carbocycles. The molecule has 0 bridgehead atoms. The maximum Gasteiger partial charge on any atom is 0.416 e. The lowest BCUT2D eigenvalue weighted by molar-refractivity contribution is -0.137. The molecule has 0 aliphatic carbocycles. The van der Waals surface area contributed by atoms with E-state index in [0.717, 1.165) is 25.0 Å². The van der Waals surface area contributed by atoms with Crippen molar-refractivity contribution in [2.75, 3.05) is 0 Å². The van der Waals surface area contributed by atoms with E-state index >= 15 is 0 Å². The number of carboxylic acid groups (broad SMARTS) is 1. The van der Waals surface area contributed by atoms with Gasteiger partial charge in [0.2, 0.25) is 0 Å². The molecule has 2 heterocycles. The van der Waals surface area contributed by atoms with Crippen LogP contribution in [0.1, 0.15) is 34.6 Å². The predicted octanol–water partition coefficient (Wildman–Crippen LogP) is 3.60. The van der Waals surface area contributed by atoms with Gasteiger partial charge in [-0.1, -0.05) is 12.1 Å². The van der Waals surface area contributed by atoms with Gasteiger partial charge in [-0.3, -0.25) is 0 Å². The maximum absolute atomic E-state index is 12.6. The first-order chi connectivity index (χ1) is 10.4. The van der Waals surface area contributed by atoms with Gasteiger partial charge in [0.1, 0.15) is 5.82 Å². The summed E-state index contributed by atoms with van der Waals surface area (Å²) in [5.41, 5.74) is 0.395. The largest absolute Gasteiger partial charge is 0.476 e. The highest BCUT2D eigenvalue weighted by Gasteiger charge is 2.30. The van der Waals surface area contributed by atoms with Crippen molar-refractivity contribution in [3.8, 4) is 11.4 Å². The summed E-state index contributed by atoms with van der Waals surface area (Å²) in [6.07, 6.45) is -1.99. The Morgan fingerprint density at radius 2 is 1.86 bits per heavy atom. The smallest absolute Gasteiger partial charge is 0.416 e. The maximum atomic E-state index is 12.6. The Kier molecular flexibility index (Phi) is 3.42. The molecule has 116 valence electrons. The van der Waals surface area contributed by atoms with Crippen LogP contribution >= 0.6 is 0 Å². The molecular weight excluding hydrogens is 297 g/mol. The number of benzene rings is 1. The number of hydrogen-bond donors (Lipinski definition) is 1. The highest BCUT2D eigenvalue weighted by molar-refractivity contribution is 5.88. The fraction of sp³-hybridized carbons (Fsp3) is 0.333. The van der Waals surface area contributed by atoms with Crippen molar-refractivity contribution < 1.29 is 23.1 Å². The molecule has 4 nitrogen and oxygen atoms in total. The first-order valence-electron chi connectivity index (χ1n) is 6.88. The second kappa shape index (κ2) is 5.15. The summed E-state index contributed by atoms with van der Waals surface area (Å²) in [6.45, 7) is 0.631. The Balaban J connectivity index is 2.07. The van der Waals surface area contributed by atoms with Crippen molar-refractivity contribution in [1.82, 2.24) is 9.55 Å². The summed E-state index contributed by atoms with van der Waals surface area (Å²) < 4.78 is 39.6. The molecule has 3 rings (SSSR count). The van der Waals surface area contributed by atoms with Crippen molar-refractivity contribution in [3.05, 3.63) is 41.2 Å². The number of alkyl halides is 3. The highest BCUT2D eigenvalue weighted by Crippen LogP contribution is 2.32. The van der Waals surface area contributed by atoms with Crippen LogP contribution in [-0.4, -0.2) is 20.6 Å². The number of carboxylic acids is 1. The molecule has 1 aromatic heterocycles. The van der Waals surface area contributed by atoms with E-state index in [0.29, 0.717) is 30.0 Å². The Hall–Kier alpha value is -2.31. The molecule has 1 aliphatic rings. The minimum atomic E-state index is -4.39. The van der Waals surface area contributed by atoms with Crippen LogP contribution < -0.4 is 0 Å². The number of hydrogen-bond acceptors (Lipinski definition) is 2. The zero-order chi connectivity index (χ0) is 15.9. The first kappa shape index (κ1) is 14.6. The van der Waals surface area contributed by atoms with E-state index < -0.39 is 17.7 Å². The zero-order valence-electron chi connectivity index (χ0n) is 11.5. The van der Waals surface area contributed by atoms with Crippen LogP contribution in [0.3, 0.4) is 0 Å². The third kappa shape index (κ3) is 2.47. The Labute approximate surface area is 124 Å². The van der Waals surface area contributed by atoms with Gasteiger partial charge in [0.15, 0.2) is 5.69 Å². The number of rotatable bonds is 2. The van der Waals surface area contributed by atoms with Crippen LogP contribution in [-0.2, 0) is 19.1 Å². The molecule has 1 aliphatic heterocycles. The molecule has 22 heavy (non-hydrogen) atoms. The summed E-state index contributed by atoms with van der Waals surface area (Å²) in [5.74, 6) is -0.690. The minimum absolute atomic E-state index is 0.00500. The topological polar surface area (TPSA) is 55.1 Å². The molecule has 0 fully saturated rings. The monoisotopic (exact) mass is 310 g/mol. The summed E-state index contributed by atoms with van der Waals surface area (Å²) in [7, 11) is 0. The molecule has 1 N–H and O–H groups in total. The molecule has 0 unspecified atom stereocenters. The molecule has 0 radical (unpaired) electrons. The summed E-state index contributed by atoms with van der Waals surface area (Å²) >= 11 is 0. The Bertz CT molecular complexity index is 718. The quantitative estimate of drug-likeness (QED) is 0.922. The second-order valence-corrected chi connectivity index (χ2v) is 5.22. The zero-order valence-corrected chi connectivity index (χ0v) is 11.5. The van der Waals surface area contributed by atoms with Gasteiger partial charge in [-0.15, -0.1) is 0 Å². The van der Waals surface area contributed by atoms with Crippen molar-refractivity contribution >= 4 is 5.97 Å². The van der Waals surface area contributed by atoms with Gasteiger partial charge >= 0.3 is 12.1 Å². The number of aromatic carboxylic acids is 1. The van der Waals surface area contributed by atoms with E-state index in [1.54, 1.807) is 4.57 Å². The van der Waals surface area contributed by atoms with Crippen LogP contribution in [0.15, 0.2) is 24.3 Å². The average Bonchev–Trinajstić information content (AvgIpc) is 2.86. The van der Waals surface area contributed by atoms with E-state index in [2.05, 4.69) is 4.98 Å². The SMILES string of the molecule is O=C(O)c1nc(-c2ccc(C(F)(F)F)cc2)n2c1CCCC2. The van der Waals surface area contributed by atoms with Gasteiger partial charge < -0.3 is 9.67 Å². The van der Waals surface area contributed by atoms with E-state index in [1.165, 1.54) is 12.1 Å². The highest BCUT2D eigenvalue weighted by atomic mass is 19.4. The third-order valence-corrected chi connectivity index (χ3v) is 3.79. The lowest BCUT2D eigenvalue weighted by atomic mass is 10.1. The van der Waals surface area contributed by atoms with Gasteiger partial charge in [-0.05, 0) is 31.4 Å². The van der Waals surface area contributed by atoms with Gasteiger partial charge in [0, 0.05) is 12.1 Å². The summed E-state index contributed by atoms with van der Waals surface area (Å²) in [4.78, 5) is 15.4. The number of halogens is 3. The number of carbonyl (C=O) groups is 1. The standard InChI is InChI=1S/C15H13F3N2O2/c16-15(17,18)10-6-4-9(5-7-10)13-19-12(14(21)22)11-3-1-2-8-20(11)13/h4-7H,1-3,8H2,(H,21,22). The van der Waals surface area contributed by atoms with Crippen LogP contribution in [0.5, 0.6) is 0 Å². The van der Waals surface area contributed by atoms with Gasteiger partial charge in [-0.2, -0.15) is 13.2 Å². The molecule has 2 aromatic rings. The molecule has 7 heteroatoms. The minimum Gasteiger partial charge on any atom is -0.476 e. The lowest BCUT2D eigenvalue weighted by Crippen LogP contribution is -2.13. The Morgan fingerprint density at radius 1 is 1.18 bits per heavy atom.